The summed E-state index contributed by atoms with van der Waals surface area (Å²) >= 11 is 0. The summed E-state index contributed by atoms with van der Waals surface area (Å²) in [6.45, 7) is 6.57. The van der Waals surface area contributed by atoms with Gasteiger partial charge in [0.1, 0.15) is 5.92 Å². The Balaban J connectivity index is 1.79. The molecule has 0 N–H and O–H groups in total. The molecule has 1 aromatic heterocycles. The Morgan fingerprint density at radius 1 is 0.943 bits per heavy atom. The third-order valence-corrected chi connectivity index (χ3v) is 6.22. The van der Waals surface area contributed by atoms with Crippen molar-refractivity contribution >= 4 is 23.2 Å². The highest BCUT2D eigenvalue weighted by atomic mass is 19.3. The summed E-state index contributed by atoms with van der Waals surface area (Å²) in [4.78, 5) is 41.0. The number of carbonyl (C=O) groups is 3. The number of Topliss-reactive ketones (excluding diaryl/α,β-unsaturated/α-hetero) is 2. The molecule has 3 aromatic rings. The van der Waals surface area contributed by atoms with Crippen molar-refractivity contribution in [1.82, 2.24) is 10.2 Å². The van der Waals surface area contributed by atoms with Crippen LogP contribution in [0.1, 0.15) is 65.6 Å². The van der Waals surface area contributed by atoms with Gasteiger partial charge in [0.05, 0.1) is 17.4 Å². The summed E-state index contributed by atoms with van der Waals surface area (Å²) in [5, 5.41) is 8.19. The normalized spacial score (nSPS) is 18.4. The maximum Gasteiger partial charge on any atom is 0.295 e. The van der Waals surface area contributed by atoms with Crippen molar-refractivity contribution < 1.29 is 23.2 Å². The van der Waals surface area contributed by atoms with Crippen LogP contribution in [0.2, 0.25) is 0 Å². The van der Waals surface area contributed by atoms with Crippen LogP contribution in [-0.2, 0) is 15.5 Å². The SMILES string of the molecule is Cc1ccc([C@@H]2C(C(=O)c3ccc(C(C)C)cc3)C(=O)C(=O)N2c2ccc(C(C)(F)F)cc2)nn1. The zero-order chi connectivity index (χ0) is 25.5. The maximum atomic E-state index is 13.7. The molecule has 0 spiro atoms. The number of nitrogens with zero attached hydrogens (tertiary/aromatic N) is 3. The Bertz CT molecular complexity index is 1270. The maximum absolute atomic E-state index is 13.7. The highest BCUT2D eigenvalue weighted by Crippen LogP contribution is 2.41. The molecule has 180 valence electrons. The van der Waals surface area contributed by atoms with Crippen LogP contribution < -0.4 is 4.90 Å². The molecular weight excluding hydrogens is 452 g/mol. The van der Waals surface area contributed by atoms with Gasteiger partial charge in [0, 0.05) is 23.7 Å². The molecule has 6 nitrogen and oxygen atoms in total. The Hall–Kier alpha value is -3.81. The largest absolute Gasteiger partial charge is 0.295 e. The summed E-state index contributed by atoms with van der Waals surface area (Å²) in [5.74, 6) is -6.43. The van der Waals surface area contributed by atoms with E-state index in [0.717, 1.165) is 17.4 Å². The van der Waals surface area contributed by atoms with E-state index in [9.17, 15) is 23.2 Å². The zero-order valence-corrected chi connectivity index (χ0v) is 19.8. The summed E-state index contributed by atoms with van der Waals surface area (Å²) in [7, 11) is 0. The van der Waals surface area contributed by atoms with Gasteiger partial charge in [0.2, 0.25) is 5.78 Å². The molecule has 0 radical (unpaired) electrons. The van der Waals surface area contributed by atoms with Crippen molar-refractivity contribution in [2.75, 3.05) is 4.90 Å². The fraction of sp³-hybridized carbons (Fsp3) is 0.296. The van der Waals surface area contributed by atoms with E-state index in [4.69, 9.17) is 0 Å². The van der Waals surface area contributed by atoms with E-state index in [1.165, 1.54) is 24.3 Å². The number of alkyl halides is 2. The Morgan fingerprint density at radius 2 is 1.57 bits per heavy atom. The lowest BCUT2D eigenvalue weighted by Crippen LogP contribution is -2.31. The number of halogens is 2. The molecule has 8 heteroatoms. The molecule has 1 aliphatic heterocycles. The number of aromatic nitrogens is 2. The van der Waals surface area contributed by atoms with E-state index in [1.807, 2.05) is 26.0 Å². The molecule has 2 heterocycles. The van der Waals surface area contributed by atoms with E-state index in [2.05, 4.69) is 10.2 Å². The average molecular weight is 478 g/mol. The van der Waals surface area contributed by atoms with E-state index >= 15 is 0 Å². The second-order valence-electron chi connectivity index (χ2n) is 9.14. The molecule has 1 unspecified atom stereocenters. The van der Waals surface area contributed by atoms with Crippen LogP contribution in [0.5, 0.6) is 0 Å². The summed E-state index contributed by atoms with van der Waals surface area (Å²) in [6.07, 6.45) is 0. The van der Waals surface area contributed by atoms with Crippen molar-refractivity contribution in [3.05, 3.63) is 88.7 Å². The van der Waals surface area contributed by atoms with Crippen molar-refractivity contribution in [1.29, 1.82) is 0 Å². The molecule has 0 aliphatic carbocycles. The molecule has 0 saturated carbocycles. The number of amides is 1. The summed E-state index contributed by atoms with van der Waals surface area (Å²) in [5.41, 5.74) is 2.20. The van der Waals surface area contributed by atoms with Crippen molar-refractivity contribution in [2.24, 2.45) is 5.92 Å². The van der Waals surface area contributed by atoms with Gasteiger partial charge in [0.15, 0.2) is 5.78 Å². The van der Waals surface area contributed by atoms with E-state index < -0.39 is 35.4 Å². The average Bonchev–Trinajstić information content (AvgIpc) is 3.09. The van der Waals surface area contributed by atoms with Crippen LogP contribution in [-0.4, -0.2) is 27.7 Å². The molecule has 1 fully saturated rings. The summed E-state index contributed by atoms with van der Waals surface area (Å²) < 4.78 is 27.4. The predicted octanol–water partition coefficient (Wildman–Crippen LogP) is 5.18. The highest BCUT2D eigenvalue weighted by molar-refractivity contribution is 6.49. The number of carbonyl (C=O) groups excluding carboxylic acids is 3. The number of rotatable bonds is 6. The molecule has 2 aromatic carbocycles. The number of benzene rings is 2. The van der Waals surface area contributed by atoms with Crippen LogP contribution in [0.4, 0.5) is 14.5 Å². The zero-order valence-electron chi connectivity index (χ0n) is 19.8. The van der Waals surface area contributed by atoms with Crippen LogP contribution >= 0.6 is 0 Å². The van der Waals surface area contributed by atoms with E-state index in [0.29, 0.717) is 11.3 Å². The molecule has 1 aliphatic rings. The first kappa shape index (κ1) is 24.3. The quantitative estimate of drug-likeness (QED) is 0.278. The smallest absolute Gasteiger partial charge is 0.295 e. The molecule has 2 atom stereocenters. The lowest BCUT2D eigenvalue weighted by atomic mass is 9.87. The van der Waals surface area contributed by atoms with Gasteiger partial charge >= 0.3 is 0 Å². The molecule has 35 heavy (non-hydrogen) atoms. The van der Waals surface area contributed by atoms with Crippen LogP contribution in [0.3, 0.4) is 0 Å². The van der Waals surface area contributed by atoms with Crippen molar-refractivity contribution in [3.63, 3.8) is 0 Å². The molecule has 0 bridgehead atoms. The topological polar surface area (TPSA) is 80.2 Å². The Kier molecular flexibility index (Phi) is 6.32. The minimum Gasteiger partial charge on any atom is -0.295 e. The second kappa shape index (κ2) is 9.09. The van der Waals surface area contributed by atoms with Crippen LogP contribution in [0, 0.1) is 12.8 Å². The number of hydrogen-bond donors (Lipinski definition) is 0. The standard InChI is InChI=1S/C27H25F2N3O3/c1-15(2)17-6-8-18(9-7-17)24(33)22-23(21-14-5-16(3)30-31-21)32(26(35)25(22)34)20-12-10-19(11-13-20)27(4,28)29/h5-15,22-23H,1-4H3/t22?,23-/m1/s1. The Labute approximate surface area is 202 Å². The lowest BCUT2D eigenvalue weighted by molar-refractivity contribution is -0.135. The highest BCUT2D eigenvalue weighted by Gasteiger charge is 2.53. The van der Waals surface area contributed by atoms with Gasteiger partial charge in [-0.25, -0.2) is 8.78 Å². The predicted molar refractivity (Wildman–Crippen MR) is 126 cm³/mol. The monoisotopic (exact) mass is 477 g/mol. The molecule has 4 rings (SSSR count). The molecule has 1 saturated heterocycles. The van der Waals surface area contributed by atoms with Gasteiger partial charge in [-0.05, 0) is 42.7 Å². The van der Waals surface area contributed by atoms with Gasteiger partial charge in [0.25, 0.3) is 11.8 Å². The fourth-order valence-corrected chi connectivity index (χ4v) is 4.21. The van der Waals surface area contributed by atoms with Gasteiger partial charge < -0.3 is 0 Å². The Morgan fingerprint density at radius 3 is 2.09 bits per heavy atom. The summed E-state index contributed by atoms with van der Waals surface area (Å²) in [6, 6.07) is 14.2. The number of aryl methyl sites for hydroxylation is 1. The third-order valence-electron chi connectivity index (χ3n) is 6.22. The van der Waals surface area contributed by atoms with Crippen molar-refractivity contribution in [3.8, 4) is 0 Å². The van der Waals surface area contributed by atoms with Crippen molar-refractivity contribution in [2.45, 2.75) is 45.6 Å². The third kappa shape index (κ3) is 4.60. The van der Waals surface area contributed by atoms with Gasteiger partial charge in [-0.3, -0.25) is 19.3 Å². The van der Waals surface area contributed by atoms with Crippen LogP contribution in [0.15, 0.2) is 60.7 Å². The van der Waals surface area contributed by atoms with Crippen LogP contribution in [0.25, 0.3) is 0 Å². The van der Waals surface area contributed by atoms with Gasteiger partial charge in [-0.2, -0.15) is 10.2 Å². The number of ketones is 2. The second-order valence-corrected chi connectivity index (χ2v) is 9.14. The molecule has 1 amide bonds. The van der Waals surface area contributed by atoms with Gasteiger partial charge in [-0.15, -0.1) is 0 Å². The fourth-order valence-electron chi connectivity index (χ4n) is 4.21. The molecular formula is C27H25F2N3O3. The minimum atomic E-state index is -3.06. The first-order valence-corrected chi connectivity index (χ1v) is 11.3. The first-order valence-electron chi connectivity index (χ1n) is 11.3. The van der Waals surface area contributed by atoms with Gasteiger partial charge in [-0.1, -0.05) is 50.2 Å². The number of hydrogen-bond acceptors (Lipinski definition) is 5. The van der Waals surface area contributed by atoms with E-state index in [1.54, 1.807) is 31.2 Å². The van der Waals surface area contributed by atoms with E-state index in [-0.39, 0.29) is 22.9 Å². The lowest BCUT2D eigenvalue weighted by Gasteiger charge is -2.26. The minimum absolute atomic E-state index is 0.217. The number of anilines is 1. The first-order chi connectivity index (χ1) is 16.5.